The van der Waals surface area contributed by atoms with Crippen molar-refractivity contribution in [2.45, 2.75) is 25.7 Å². The van der Waals surface area contributed by atoms with Crippen LogP contribution in [0.3, 0.4) is 0 Å². The lowest BCUT2D eigenvalue weighted by Gasteiger charge is -2.01. The largest absolute Gasteiger partial charge is 0.299 e. The average molecular weight is 210 g/mol. The smallest absolute Gasteiger partial charge is 0.136 e. The van der Waals surface area contributed by atoms with Crippen LogP contribution in [-0.2, 0) is 11.2 Å². The van der Waals surface area contributed by atoms with Crippen LogP contribution in [0.2, 0.25) is 5.02 Å². The van der Waals surface area contributed by atoms with Gasteiger partial charge in [0.15, 0.2) is 0 Å². The van der Waals surface area contributed by atoms with Crippen molar-refractivity contribution >= 4 is 17.4 Å². The van der Waals surface area contributed by atoms with Crippen molar-refractivity contribution in [2.24, 2.45) is 5.92 Å². The molecule has 74 valence electrons. The van der Waals surface area contributed by atoms with Crippen molar-refractivity contribution in [3.63, 3.8) is 0 Å². The number of carbonyl (C=O) groups excluding carboxylic acids is 1. The van der Waals surface area contributed by atoms with Crippen molar-refractivity contribution in [3.8, 4) is 0 Å². The molecule has 0 bridgehead atoms. The number of Topliss-reactive ketones (excluding diaryl/α,β-unsaturated/α-hetero) is 1. The quantitative estimate of drug-likeness (QED) is 0.763. The molecule has 0 saturated heterocycles. The minimum absolute atomic E-state index is 0.357. The number of hydrogen-bond acceptors (Lipinski definition) is 2. The number of hydrogen-bond donors (Lipinski definition) is 0. The zero-order chi connectivity index (χ0) is 9.97. The summed E-state index contributed by atoms with van der Waals surface area (Å²) in [5.41, 5.74) is 1.02. The summed E-state index contributed by atoms with van der Waals surface area (Å²) in [7, 11) is 0. The number of aryl methyl sites for hydroxylation is 1. The van der Waals surface area contributed by atoms with Crippen LogP contribution in [0, 0.1) is 5.92 Å². The fraction of sp³-hybridized carbons (Fsp3) is 0.455. The van der Waals surface area contributed by atoms with E-state index in [1.54, 1.807) is 12.4 Å². The Hall–Kier alpha value is -0.890. The monoisotopic (exact) mass is 209 g/mol. The van der Waals surface area contributed by atoms with E-state index in [0.717, 1.165) is 24.8 Å². The van der Waals surface area contributed by atoms with E-state index in [1.807, 2.05) is 6.07 Å². The number of nitrogens with zero attached hydrogens (tertiary/aromatic N) is 1. The standard InChI is InChI=1S/C11H12ClNO/c12-10-7-13-6-5-8(10)3-4-11(14)9-1-2-9/h5-7,9H,1-4H2. The molecule has 0 unspecified atom stereocenters. The maximum absolute atomic E-state index is 11.4. The topological polar surface area (TPSA) is 30.0 Å². The van der Waals surface area contributed by atoms with E-state index in [-0.39, 0.29) is 0 Å². The molecule has 1 fully saturated rings. The molecule has 0 N–H and O–H groups in total. The van der Waals surface area contributed by atoms with Crippen molar-refractivity contribution in [1.82, 2.24) is 4.98 Å². The summed E-state index contributed by atoms with van der Waals surface area (Å²) in [5.74, 6) is 0.744. The number of ketones is 1. The van der Waals surface area contributed by atoms with Crippen molar-refractivity contribution in [1.29, 1.82) is 0 Å². The number of aromatic nitrogens is 1. The van der Waals surface area contributed by atoms with Gasteiger partial charge in [-0.3, -0.25) is 9.78 Å². The maximum Gasteiger partial charge on any atom is 0.136 e. The molecule has 14 heavy (non-hydrogen) atoms. The predicted molar refractivity (Wildman–Crippen MR) is 55.3 cm³/mol. The average Bonchev–Trinajstić information content (AvgIpc) is 2.99. The molecule has 2 rings (SSSR count). The van der Waals surface area contributed by atoms with Crippen molar-refractivity contribution in [3.05, 3.63) is 29.0 Å². The minimum atomic E-state index is 0.357. The van der Waals surface area contributed by atoms with E-state index in [2.05, 4.69) is 4.98 Å². The Morgan fingerprint density at radius 2 is 2.36 bits per heavy atom. The number of carbonyl (C=O) groups is 1. The van der Waals surface area contributed by atoms with Gasteiger partial charge in [-0.25, -0.2) is 0 Å². The lowest BCUT2D eigenvalue weighted by molar-refractivity contribution is -0.120. The Morgan fingerprint density at radius 3 is 3.00 bits per heavy atom. The summed E-state index contributed by atoms with van der Waals surface area (Å²) in [6, 6.07) is 1.88. The summed E-state index contributed by atoms with van der Waals surface area (Å²) in [5, 5.41) is 0.663. The maximum atomic E-state index is 11.4. The van der Waals surface area contributed by atoms with Gasteiger partial charge in [-0.05, 0) is 30.9 Å². The Bertz CT molecular complexity index is 347. The second kappa shape index (κ2) is 4.09. The zero-order valence-corrected chi connectivity index (χ0v) is 8.63. The molecular formula is C11H12ClNO. The molecule has 0 aromatic carbocycles. The highest BCUT2D eigenvalue weighted by Crippen LogP contribution is 2.31. The minimum Gasteiger partial charge on any atom is -0.299 e. The molecule has 1 heterocycles. The van der Waals surface area contributed by atoms with Gasteiger partial charge in [-0.15, -0.1) is 0 Å². The molecular weight excluding hydrogens is 198 g/mol. The molecule has 0 spiro atoms. The molecule has 1 aromatic heterocycles. The number of pyridine rings is 1. The van der Waals surface area contributed by atoms with Crippen LogP contribution in [0.5, 0.6) is 0 Å². The van der Waals surface area contributed by atoms with Crippen LogP contribution in [0.25, 0.3) is 0 Å². The highest BCUT2D eigenvalue weighted by atomic mass is 35.5. The molecule has 1 aliphatic carbocycles. The first kappa shape index (κ1) is 9.66. The lowest BCUT2D eigenvalue weighted by Crippen LogP contribution is -2.02. The highest BCUT2D eigenvalue weighted by molar-refractivity contribution is 6.31. The Morgan fingerprint density at radius 1 is 1.57 bits per heavy atom. The molecule has 0 radical (unpaired) electrons. The third-order valence-electron chi connectivity index (χ3n) is 2.53. The predicted octanol–water partition coefficient (Wildman–Crippen LogP) is 2.65. The molecule has 3 heteroatoms. The van der Waals surface area contributed by atoms with E-state index in [0.29, 0.717) is 23.1 Å². The van der Waals surface area contributed by atoms with Gasteiger partial charge in [0.05, 0.1) is 5.02 Å². The van der Waals surface area contributed by atoms with Gasteiger partial charge in [0.1, 0.15) is 5.78 Å². The fourth-order valence-electron chi connectivity index (χ4n) is 1.47. The van der Waals surface area contributed by atoms with E-state index in [4.69, 9.17) is 11.6 Å². The van der Waals surface area contributed by atoms with E-state index < -0.39 is 0 Å². The van der Waals surface area contributed by atoms with Crippen LogP contribution >= 0.6 is 11.6 Å². The Kier molecular flexibility index (Phi) is 2.82. The van der Waals surface area contributed by atoms with Crippen LogP contribution in [0.15, 0.2) is 18.5 Å². The molecule has 1 saturated carbocycles. The highest BCUT2D eigenvalue weighted by Gasteiger charge is 2.28. The van der Waals surface area contributed by atoms with Gasteiger partial charge >= 0.3 is 0 Å². The van der Waals surface area contributed by atoms with Crippen LogP contribution < -0.4 is 0 Å². The lowest BCUT2D eigenvalue weighted by atomic mass is 10.1. The van der Waals surface area contributed by atoms with E-state index in [1.165, 1.54) is 0 Å². The third-order valence-corrected chi connectivity index (χ3v) is 2.87. The van der Waals surface area contributed by atoms with E-state index in [9.17, 15) is 4.79 Å². The Labute approximate surface area is 88.3 Å². The molecule has 1 aliphatic rings. The SMILES string of the molecule is O=C(CCc1ccncc1Cl)C1CC1. The molecule has 0 atom stereocenters. The third kappa shape index (κ3) is 2.32. The van der Waals surface area contributed by atoms with Crippen LogP contribution in [0.4, 0.5) is 0 Å². The van der Waals surface area contributed by atoms with Gasteiger partial charge in [0.25, 0.3) is 0 Å². The van der Waals surface area contributed by atoms with Gasteiger partial charge < -0.3 is 0 Å². The Balaban J connectivity index is 1.91. The summed E-state index contributed by atoms with van der Waals surface area (Å²) in [4.78, 5) is 15.3. The van der Waals surface area contributed by atoms with Crippen LogP contribution in [-0.4, -0.2) is 10.8 Å². The van der Waals surface area contributed by atoms with Gasteiger partial charge in [-0.2, -0.15) is 0 Å². The van der Waals surface area contributed by atoms with Crippen LogP contribution in [0.1, 0.15) is 24.8 Å². The summed E-state index contributed by atoms with van der Waals surface area (Å²) >= 11 is 5.93. The second-order valence-electron chi connectivity index (χ2n) is 3.71. The van der Waals surface area contributed by atoms with E-state index >= 15 is 0 Å². The summed E-state index contributed by atoms with van der Waals surface area (Å²) < 4.78 is 0. The van der Waals surface area contributed by atoms with Gasteiger partial charge in [0, 0.05) is 24.7 Å². The van der Waals surface area contributed by atoms with Crippen molar-refractivity contribution < 1.29 is 4.79 Å². The van der Waals surface area contributed by atoms with Crippen molar-refractivity contribution in [2.75, 3.05) is 0 Å². The zero-order valence-electron chi connectivity index (χ0n) is 7.87. The fourth-order valence-corrected chi connectivity index (χ4v) is 1.69. The first-order chi connectivity index (χ1) is 6.77. The summed E-state index contributed by atoms with van der Waals surface area (Å²) in [6.45, 7) is 0. The molecule has 0 aliphatic heterocycles. The first-order valence-corrected chi connectivity index (χ1v) is 5.26. The summed E-state index contributed by atoms with van der Waals surface area (Å²) in [6.07, 6.45) is 6.87. The number of halogens is 1. The molecule has 2 nitrogen and oxygen atoms in total. The first-order valence-electron chi connectivity index (χ1n) is 4.88. The van der Waals surface area contributed by atoms with Gasteiger partial charge in [-0.1, -0.05) is 11.6 Å². The second-order valence-corrected chi connectivity index (χ2v) is 4.11. The normalized spacial score (nSPS) is 15.5. The number of rotatable bonds is 4. The molecule has 1 aromatic rings. The van der Waals surface area contributed by atoms with Gasteiger partial charge in [0.2, 0.25) is 0 Å². The molecule has 0 amide bonds.